The van der Waals surface area contributed by atoms with Gasteiger partial charge in [-0.1, -0.05) is 0 Å². The number of aryl methyl sites for hydroxylation is 3. The quantitative estimate of drug-likeness (QED) is 0.887. The Hall–Kier alpha value is -1.56. The molecule has 1 N–H and O–H groups in total. The molecule has 0 amide bonds. The second kappa shape index (κ2) is 7.13. The molecule has 0 saturated heterocycles. The van der Waals surface area contributed by atoms with Crippen LogP contribution in [0.1, 0.15) is 18.3 Å². The van der Waals surface area contributed by atoms with Gasteiger partial charge in [-0.2, -0.15) is 10.2 Å². The lowest BCUT2D eigenvalue weighted by atomic mass is 10.3. The van der Waals surface area contributed by atoms with Gasteiger partial charge in [-0.15, -0.1) is 12.4 Å². The van der Waals surface area contributed by atoms with Crippen molar-refractivity contribution in [2.45, 2.75) is 33.5 Å². The molecule has 0 aliphatic heterocycles. The van der Waals surface area contributed by atoms with E-state index in [9.17, 15) is 4.39 Å². The van der Waals surface area contributed by atoms with Crippen LogP contribution in [0.25, 0.3) is 0 Å². The van der Waals surface area contributed by atoms with Crippen LogP contribution in [-0.4, -0.2) is 26.2 Å². The lowest BCUT2D eigenvalue weighted by Crippen LogP contribution is -2.07. The Morgan fingerprint density at radius 1 is 1.42 bits per heavy atom. The van der Waals surface area contributed by atoms with E-state index in [1.54, 1.807) is 10.9 Å². The molecule has 0 saturated carbocycles. The van der Waals surface area contributed by atoms with Gasteiger partial charge in [-0.3, -0.25) is 9.36 Å². The molecule has 0 bridgehead atoms. The van der Waals surface area contributed by atoms with Crippen LogP contribution in [0.5, 0.6) is 0 Å². The van der Waals surface area contributed by atoms with E-state index >= 15 is 0 Å². The third kappa shape index (κ3) is 3.70. The Balaban J connectivity index is 0.00000180. The van der Waals surface area contributed by atoms with Gasteiger partial charge in [0.25, 0.3) is 0 Å². The highest BCUT2D eigenvalue weighted by atomic mass is 35.5. The molecule has 0 unspecified atom stereocenters. The van der Waals surface area contributed by atoms with E-state index in [1.165, 1.54) is 0 Å². The summed E-state index contributed by atoms with van der Waals surface area (Å²) in [4.78, 5) is 0. The highest BCUT2D eigenvalue weighted by Crippen LogP contribution is 2.13. The van der Waals surface area contributed by atoms with Crippen molar-refractivity contribution in [3.8, 4) is 0 Å². The molecule has 0 radical (unpaired) electrons. The average Bonchev–Trinajstić information content (AvgIpc) is 2.93. The molecule has 2 rings (SSSR count). The number of nitrogens with one attached hydrogen (secondary N) is 1. The maximum Gasteiger partial charge on any atom is 0.109 e. The topological polar surface area (TPSA) is 47.7 Å². The number of hydrogen-bond acceptors (Lipinski definition) is 3. The molecular formula is C12H19ClFN5. The Morgan fingerprint density at radius 3 is 2.89 bits per heavy atom. The minimum Gasteiger partial charge on any atom is -0.377 e. The maximum absolute atomic E-state index is 12.2. The van der Waals surface area contributed by atoms with Crippen LogP contribution >= 0.6 is 12.4 Å². The summed E-state index contributed by atoms with van der Waals surface area (Å²) >= 11 is 0. The molecule has 0 aliphatic rings. The first-order chi connectivity index (χ1) is 8.74. The first-order valence-electron chi connectivity index (χ1n) is 6.09. The Morgan fingerprint density at radius 2 is 2.21 bits per heavy atom. The van der Waals surface area contributed by atoms with E-state index in [1.807, 2.05) is 23.9 Å². The minimum absolute atomic E-state index is 0. The van der Waals surface area contributed by atoms with Crippen LogP contribution < -0.4 is 5.32 Å². The Labute approximate surface area is 118 Å². The summed E-state index contributed by atoms with van der Waals surface area (Å²) in [5, 5.41) is 11.7. The molecule has 0 fully saturated rings. The second-order valence-corrected chi connectivity index (χ2v) is 4.07. The number of nitrogens with zero attached hydrogens (tertiary/aromatic N) is 4. The summed E-state index contributed by atoms with van der Waals surface area (Å²) in [5.41, 5.74) is 2.94. The van der Waals surface area contributed by atoms with Crippen molar-refractivity contribution >= 4 is 18.1 Å². The van der Waals surface area contributed by atoms with E-state index in [-0.39, 0.29) is 12.4 Å². The summed E-state index contributed by atoms with van der Waals surface area (Å²) in [6, 6.07) is 1.98. The smallest absolute Gasteiger partial charge is 0.109 e. The van der Waals surface area contributed by atoms with E-state index in [0.29, 0.717) is 13.1 Å². The fourth-order valence-corrected chi connectivity index (χ4v) is 1.87. The fraction of sp³-hybridized carbons (Fsp3) is 0.500. The summed E-state index contributed by atoms with van der Waals surface area (Å²) in [6.07, 6.45) is 3.63. The molecule has 0 atom stereocenters. The Kier molecular flexibility index (Phi) is 5.82. The minimum atomic E-state index is -0.400. The molecule has 0 spiro atoms. The van der Waals surface area contributed by atoms with E-state index < -0.39 is 6.67 Å². The van der Waals surface area contributed by atoms with Crippen molar-refractivity contribution in [1.82, 2.24) is 19.6 Å². The van der Waals surface area contributed by atoms with Crippen LogP contribution in [0.4, 0.5) is 10.1 Å². The van der Waals surface area contributed by atoms with Gasteiger partial charge in [0.15, 0.2) is 0 Å². The van der Waals surface area contributed by atoms with Gasteiger partial charge in [0.2, 0.25) is 0 Å². The van der Waals surface area contributed by atoms with Crippen LogP contribution in [0, 0.1) is 6.92 Å². The largest absolute Gasteiger partial charge is 0.377 e. The van der Waals surface area contributed by atoms with Crippen LogP contribution in [-0.2, 0) is 19.6 Å². The standard InChI is InChI=1S/C12H18FN5.ClH/c1-3-18-11(4-6-15-18)8-14-12-9-17(7-5-13)16-10(12)2;/h4,6,9,14H,3,5,7-8H2,1-2H3;1H. The van der Waals surface area contributed by atoms with Crippen LogP contribution in [0.2, 0.25) is 0 Å². The first kappa shape index (κ1) is 15.5. The number of aromatic nitrogens is 4. The van der Waals surface area contributed by atoms with E-state index in [2.05, 4.69) is 22.4 Å². The number of anilines is 1. The normalized spacial score (nSPS) is 10.3. The lowest BCUT2D eigenvalue weighted by molar-refractivity contribution is 0.426. The molecule has 0 aliphatic carbocycles. The highest BCUT2D eigenvalue weighted by molar-refractivity contribution is 5.85. The lowest BCUT2D eigenvalue weighted by Gasteiger charge is -2.06. The number of rotatable bonds is 6. The van der Waals surface area contributed by atoms with Crippen molar-refractivity contribution in [3.63, 3.8) is 0 Å². The van der Waals surface area contributed by atoms with Crippen LogP contribution in [0.15, 0.2) is 18.5 Å². The summed E-state index contributed by atoms with van der Waals surface area (Å²) in [5.74, 6) is 0. The molecule has 2 aromatic rings. The zero-order valence-electron chi connectivity index (χ0n) is 11.1. The van der Waals surface area contributed by atoms with Crippen molar-refractivity contribution < 1.29 is 4.39 Å². The van der Waals surface area contributed by atoms with Gasteiger partial charge in [-0.25, -0.2) is 4.39 Å². The van der Waals surface area contributed by atoms with E-state index in [0.717, 1.165) is 23.6 Å². The van der Waals surface area contributed by atoms with Crippen molar-refractivity contribution in [1.29, 1.82) is 0 Å². The number of halogens is 2. The summed E-state index contributed by atoms with van der Waals surface area (Å²) < 4.78 is 15.8. The van der Waals surface area contributed by atoms with Crippen LogP contribution in [0.3, 0.4) is 0 Å². The molecule has 106 valence electrons. The molecule has 19 heavy (non-hydrogen) atoms. The molecule has 2 heterocycles. The summed E-state index contributed by atoms with van der Waals surface area (Å²) in [6.45, 7) is 5.41. The predicted molar refractivity (Wildman–Crippen MR) is 75.4 cm³/mol. The fourth-order valence-electron chi connectivity index (χ4n) is 1.87. The molecule has 0 aromatic carbocycles. The van der Waals surface area contributed by atoms with Gasteiger partial charge in [0, 0.05) is 18.9 Å². The van der Waals surface area contributed by atoms with Crippen molar-refractivity contribution in [3.05, 3.63) is 29.8 Å². The number of hydrogen-bond donors (Lipinski definition) is 1. The maximum atomic E-state index is 12.2. The van der Waals surface area contributed by atoms with Crippen molar-refractivity contribution in [2.24, 2.45) is 0 Å². The third-order valence-electron chi connectivity index (χ3n) is 2.82. The molecule has 7 heteroatoms. The van der Waals surface area contributed by atoms with Gasteiger partial charge < -0.3 is 5.32 Å². The molecule has 5 nitrogen and oxygen atoms in total. The second-order valence-electron chi connectivity index (χ2n) is 4.07. The monoisotopic (exact) mass is 287 g/mol. The number of alkyl halides is 1. The summed E-state index contributed by atoms with van der Waals surface area (Å²) in [7, 11) is 0. The van der Waals surface area contributed by atoms with Crippen molar-refractivity contribution in [2.75, 3.05) is 12.0 Å². The van der Waals surface area contributed by atoms with E-state index in [4.69, 9.17) is 0 Å². The first-order valence-corrected chi connectivity index (χ1v) is 6.09. The SMILES string of the molecule is CCn1nccc1CNc1cn(CCF)nc1C.Cl. The van der Waals surface area contributed by atoms with Gasteiger partial charge in [0.1, 0.15) is 6.67 Å². The average molecular weight is 288 g/mol. The zero-order chi connectivity index (χ0) is 13.0. The predicted octanol–water partition coefficient (Wildman–Crippen LogP) is 2.41. The zero-order valence-corrected chi connectivity index (χ0v) is 12.0. The Bertz CT molecular complexity index is 508. The van der Waals surface area contributed by atoms with Gasteiger partial charge in [-0.05, 0) is 19.9 Å². The molecule has 2 aromatic heterocycles. The molecular weight excluding hydrogens is 269 g/mol. The highest BCUT2D eigenvalue weighted by Gasteiger charge is 2.06. The third-order valence-corrected chi connectivity index (χ3v) is 2.82. The van der Waals surface area contributed by atoms with Gasteiger partial charge >= 0.3 is 0 Å². The van der Waals surface area contributed by atoms with Gasteiger partial charge in [0.05, 0.1) is 30.2 Å².